The van der Waals surface area contributed by atoms with Crippen molar-refractivity contribution in [2.24, 2.45) is 0 Å². The minimum atomic E-state index is -4.14. The maximum atomic E-state index is 12.2. The summed E-state index contributed by atoms with van der Waals surface area (Å²) in [5.41, 5.74) is 1.30. The summed E-state index contributed by atoms with van der Waals surface area (Å²) in [6, 6.07) is 5.36. The Morgan fingerprint density at radius 3 is 2.60 bits per heavy atom. The molecule has 1 aromatic heterocycles. The van der Waals surface area contributed by atoms with Gasteiger partial charge in [-0.15, -0.1) is 0 Å². The van der Waals surface area contributed by atoms with Gasteiger partial charge in [-0.3, -0.25) is 0 Å². The highest BCUT2D eigenvalue weighted by atomic mass is 19.4. The highest BCUT2D eigenvalue weighted by Gasteiger charge is 2.26. The Morgan fingerprint density at radius 1 is 1.20 bits per heavy atom. The predicted octanol–water partition coefficient (Wildman–Crippen LogP) is 3.83. The van der Waals surface area contributed by atoms with Crippen molar-refractivity contribution in [3.05, 3.63) is 29.7 Å². The first-order valence-corrected chi connectivity index (χ1v) is 6.27. The third kappa shape index (κ3) is 3.37. The topological polar surface area (TPSA) is 35.0 Å². The zero-order valence-electron chi connectivity index (χ0n) is 11.3. The summed E-state index contributed by atoms with van der Waals surface area (Å²) in [6.07, 6.45) is -4.69. The second kappa shape index (κ2) is 5.64. The van der Waals surface area contributed by atoms with Gasteiger partial charge >= 0.3 is 6.18 Å². The van der Waals surface area contributed by atoms with Gasteiger partial charge in [0.25, 0.3) is 0 Å². The van der Waals surface area contributed by atoms with E-state index in [0.29, 0.717) is 28.2 Å². The molecule has 0 unspecified atom stereocenters. The maximum Gasteiger partial charge on any atom is 0.389 e. The van der Waals surface area contributed by atoms with Gasteiger partial charge in [0.1, 0.15) is 11.6 Å². The number of alkyl halides is 3. The molecule has 0 atom stereocenters. The molecule has 1 heterocycles. The quantitative estimate of drug-likeness (QED) is 0.855. The molecule has 0 radical (unpaired) electrons. The zero-order valence-corrected chi connectivity index (χ0v) is 11.3. The summed E-state index contributed by atoms with van der Waals surface area (Å²) in [7, 11) is 1.52. The first-order chi connectivity index (χ1) is 9.40. The Hall–Kier alpha value is -1.85. The minimum Gasteiger partial charge on any atom is -0.496 e. The lowest BCUT2D eigenvalue weighted by Crippen LogP contribution is -2.08. The van der Waals surface area contributed by atoms with Crippen LogP contribution in [0.4, 0.5) is 13.2 Å². The van der Waals surface area contributed by atoms with E-state index in [0.717, 1.165) is 0 Å². The number of methoxy groups -OCH3 is 1. The summed E-state index contributed by atoms with van der Waals surface area (Å²) >= 11 is 0. The Kier molecular flexibility index (Phi) is 4.11. The second-order valence-corrected chi connectivity index (χ2v) is 4.54. The fraction of sp³-hybridized carbons (Fsp3) is 0.429. The Labute approximate surface area is 114 Å². The number of ether oxygens (including phenoxy) is 1. The number of hydrogen-bond donors (Lipinski definition) is 0. The zero-order chi connectivity index (χ0) is 14.8. The normalized spacial score (nSPS) is 11.8. The van der Waals surface area contributed by atoms with Gasteiger partial charge in [-0.1, -0.05) is 6.07 Å². The van der Waals surface area contributed by atoms with Crippen molar-refractivity contribution in [3.63, 3.8) is 0 Å². The van der Waals surface area contributed by atoms with Crippen LogP contribution in [0.5, 0.6) is 5.75 Å². The highest BCUT2D eigenvalue weighted by molar-refractivity contribution is 5.87. The molecule has 108 valence electrons. The van der Waals surface area contributed by atoms with Gasteiger partial charge < -0.3 is 4.74 Å². The van der Waals surface area contributed by atoms with Gasteiger partial charge in [-0.25, -0.2) is 9.97 Å². The van der Waals surface area contributed by atoms with Gasteiger partial charge in [0.2, 0.25) is 0 Å². The first kappa shape index (κ1) is 14.6. The average Bonchev–Trinajstić information content (AvgIpc) is 2.35. The third-order valence-electron chi connectivity index (χ3n) is 2.97. The largest absolute Gasteiger partial charge is 0.496 e. The number of fused-ring (bicyclic) bond motifs is 1. The van der Waals surface area contributed by atoms with Crippen molar-refractivity contribution in [2.45, 2.75) is 32.4 Å². The van der Waals surface area contributed by atoms with Crippen LogP contribution in [0.2, 0.25) is 0 Å². The van der Waals surface area contributed by atoms with E-state index in [2.05, 4.69) is 9.97 Å². The van der Waals surface area contributed by atoms with Crippen molar-refractivity contribution in [1.82, 2.24) is 9.97 Å². The molecule has 0 aliphatic heterocycles. The summed E-state index contributed by atoms with van der Waals surface area (Å²) in [4.78, 5) is 8.56. The highest BCUT2D eigenvalue weighted by Crippen LogP contribution is 2.29. The molecule has 0 N–H and O–H groups in total. The van der Waals surface area contributed by atoms with Crippen LogP contribution in [-0.4, -0.2) is 23.3 Å². The molecule has 0 spiro atoms. The molecular formula is C14H15F3N2O. The third-order valence-corrected chi connectivity index (χ3v) is 2.97. The lowest BCUT2D eigenvalue weighted by atomic mass is 10.1. The van der Waals surface area contributed by atoms with Crippen LogP contribution in [0.1, 0.15) is 24.4 Å². The van der Waals surface area contributed by atoms with Crippen molar-refractivity contribution in [2.75, 3.05) is 7.11 Å². The average molecular weight is 284 g/mol. The number of benzene rings is 1. The maximum absolute atomic E-state index is 12.2. The van der Waals surface area contributed by atoms with Gasteiger partial charge in [0.15, 0.2) is 0 Å². The van der Waals surface area contributed by atoms with Crippen molar-refractivity contribution >= 4 is 10.9 Å². The van der Waals surface area contributed by atoms with E-state index >= 15 is 0 Å². The van der Waals surface area contributed by atoms with Gasteiger partial charge in [-0.2, -0.15) is 13.2 Å². The Bertz CT molecular complexity index is 611. The molecule has 0 bridgehead atoms. The summed E-state index contributed by atoms with van der Waals surface area (Å²) in [6.45, 7) is 1.73. The molecule has 0 saturated carbocycles. The molecule has 0 fully saturated rings. The number of halogens is 3. The van der Waals surface area contributed by atoms with E-state index in [9.17, 15) is 13.2 Å². The van der Waals surface area contributed by atoms with Gasteiger partial charge in [0.05, 0.1) is 23.7 Å². The van der Waals surface area contributed by atoms with E-state index < -0.39 is 12.6 Å². The molecule has 2 aromatic rings. The fourth-order valence-electron chi connectivity index (χ4n) is 2.16. The molecule has 20 heavy (non-hydrogen) atoms. The Balaban J connectivity index is 2.36. The van der Waals surface area contributed by atoms with E-state index in [4.69, 9.17) is 4.74 Å². The number of rotatable bonds is 4. The van der Waals surface area contributed by atoms with Crippen LogP contribution < -0.4 is 4.74 Å². The molecule has 1 aromatic carbocycles. The lowest BCUT2D eigenvalue weighted by molar-refractivity contribution is -0.135. The second-order valence-electron chi connectivity index (χ2n) is 4.54. The molecule has 0 saturated heterocycles. The molecule has 0 aliphatic rings. The first-order valence-electron chi connectivity index (χ1n) is 6.27. The standard InChI is InChI=1S/C14H15F3N2O/c1-9-18-10-5-3-7-12(20-2)13(10)11(19-9)6-4-8-14(15,16)17/h3,5,7H,4,6,8H2,1-2H3. The number of aromatic nitrogens is 2. The predicted molar refractivity (Wildman–Crippen MR) is 69.8 cm³/mol. The molecule has 0 aliphatic carbocycles. The lowest BCUT2D eigenvalue weighted by Gasteiger charge is -2.11. The van der Waals surface area contributed by atoms with E-state index in [-0.39, 0.29) is 12.8 Å². The van der Waals surface area contributed by atoms with E-state index in [1.165, 1.54) is 7.11 Å². The van der Waals surface area contributed by atoms with Crippen LogP contribution in [-0.2, 0) is 6.42 Å². The summed E-state index contributed by atoms with van der Waals surface area (Å²) in [5.74, 6) is 1.14. The van der Waals surface area contributed by atoms with Crippen molar-refractivity contribution in [1.29, 1.82) is 0 Å². The van der Waals surface area contributed by atoms with E-state index in [1.807, 2.05) is 0 Å². The molecule has 3 nitrogen and oxygen atoms in total. The van der Waals surface area contributed by atoms with Crippen LogP contribution in [0.3, 0.4) is 0 Å². The smallest absolute Gasteiger partial charge is 0.389 e. The Morgan fingerprint density at radius 2 is 1.95 bits per heavy atom. The summed E-state index contributed by atoms with van der Waals surface area (Å²) < 4.78 is 42.0. The molecule has 0 amide bonds. The molecule has 6 heteroatoms. The van der Waals surface area contributed by atoms with Crippen LogP contribution in [0.15, 0.2) is 18.2 Å². The van der Waals surface area contributed by atoms with Crippen LogP contribution in [0.25, 0.3) is 10.9 Å². The molecular weight excluding hydrogens is 269 g/mol. The minimum absolute atomic E-state index is 0.00705. The number of hydrogen-bond acceptors (Lipinski definition) is 3. The van der Waals surface area contributed by atoms with Crippen molar-refractivity contribution in [3.8, 4) is 5.75 Å². The SMILES string of the molecule is COc1cccc2nc(C)nc(CCCC(F)(F)F)c12. The van der Waals surface area contributed by atoms with Crippen LogP contribution >= 0.6 is 0 Å². The van der Waals surface area contributed by atoms with Gasteiger partial charge in [0, 0.05) is 6.42 Å². The number of aryl methyl sites for hydroxylation is 2. The van der Waals surface area contributed by atoms with Gasteiger partial charge in [-0.05, 0) is 31.9 Å². The molecule has 2 rings (SSSR count). The number of nitrogens with zero attached hydrogens (tertiary/aromatic N) is 2. The van der Waals surface area contributed by atoms with Crippen molar-refractivity contribution < 1.29 is 17.9 Å². The fourth-order valence-corrected chi connectivity index (χ4v) is 2.16. The van der Waals surface area contributed by atoms with Crippen LogP contribution in [0, 0.1) is 6.92 Å². The van der Waals surface area contributed by atoms with E-state index in [1.54, 1.807) is 25.1 Å². The summed E-state index contributed by atoms with van der Waals surface area (Å²) in [5, 5.41) is 0.697. The monoisotopic (exact) mass is 284 g/mol.